The van der Waals surface area contributed by atoms with E-state index in [1.54, 1.807) is 26.2 Å². The van der Waals surface area contributed by atoms with E-state index in [2.05, 4.69) is 26.5 Å². The molecule has 0 radical (unpaired) electrons. The van der Waals surface area contributed by atoms with Crippen molar-refractivity contribution in [1.82, 2.24) is 14.9 Å². The Morgan fingerprint density at radius 3 is 2.49 bits per heavy atom. The van der Waals surface area contributed by atoms with Crippen LogP contribution in [0.3, 0.4) is 0 Å². The van der Waals surface area contributed by atoms with Gasteiger partial charge in [0.15, 0.2) is 18.1 Å². The molecule has 0 spiro atoms. The number of para-hydroxylation sites is 1. The van der Waals surface area contributed by atoms with Crippen molar-refractivity contribution in [1.29, 1.82) is 0 Å². The van der Waals surface area contributed by atoms with E-state index in [1.807, 2.05) is 61.7 Å². The average Bonchev–Trinajstić information content (AvgIpc) is 3.12. The number of carbonyl (C=O) groups excluding carboxylic acids is 2. The van der Waals surface area contributed by atoms with Crippen molar-refractivity contribution >= 4 is 34.0 Å². The highest BCUT2D eigenvalue weighted by molar-refractivity contribution is 9.10. The predicted molar refractivity (Wildman–Crippen MR) is 140 cm³/mol. The minimum Gasteiger partial charge on any atom is -0.490 e. The molecule has 8 nitrogen and oxygen atoms in total. The molecule has 0 bridgehead atoms. The summed E-state index contributed by atoms with van der Waals surface area (Å²) in [6, 6.07) is 15.2. The molecular formula is C26H29BrN4O4. The highest BCUT2D eigenvalue weighted by Gasteiger charge is 2.17. The Hall–Kier alpha value is -3.59. The molecule has 35 heavy (non-hydrogen) atoms. The number of amides is 2. The molecule has 0 saturated heterocycles. The van der Waals surface area contributed by atoms with Crippen LogP contribution in [0.5, 0.6) is 11.5 Å². The lowest BCUT2D eigenvalue weighted by atomic mass is 10.2. The van der Waals surface area contributed by atoms with Gasteiger partial charge in [0, 0.05) is 31.2 Å². The van der Waals surface area contributed by atoms with Crippen LogP contribution in [0.2, 0.25) is 0 Å². The second-order valence-corrected chi connectivity index (χ2v) is 8.85. The van der Waals surface area contributed by atoms with Gasteiger partial charge in [0.2, 0.25) is 0 Å². The number of likely N-dealkylation sites (N-methyl/N-ethyl adjacent to an activating group) is 1. The first-order valence-electron chi connectivity index (χ1n) is 11.1. The van der Waals surface area contributed by atoms with Gasteiger partial charge in [0.25, 0.3) is 11.8 Å². The summed E-state index contributed by atoms with van der Waals surface area (Å²) in [5.41, 5.74) is 6.61. The summed E-state index contributed by atoms with van der Waals surface area (Å²) in [4.78, 5) is 26.2. The van der Waals surface area contributed by atoms with Crippen molar-refractivity contribution in [3.63, 3.8) is 0 Å². The smallest absolute Gasteiger partial charge is 0.273 e. The van der Waals surface area contributed by atoms with Crippen LogP contribution in [0, 0.1) is 13.8 Å². The van der Waals surface area contributed by atoms with Gasteiger partial charge in [-0.3, -0.25) is 9.59 Å². The van der Waals surface area contributed by atoms with Crippen LogP contribution in [-0.4, -0.2) is 54.8 Å². The Labute approximate surface area is 213 Å². The lowest BCUT2D eigenvalue weighted by molar-refractivity contribution is -0.130. The van der Waals surface area contributed by atoms with Gasteiger partial charge in [0.1, 0.15) is 0 Å². The number of nitrogens with zero attached hydrogens (tertiary/aromatic N) is 3. The van der Waals surface area contributed by atoms with Crippen LogP contribution in [0.4, 0.5) is 0 Å². The van der Waals surface area contributed by atoms with E-state index in [-0.39, 0.29) is 18.4 Å². The summed E-state index contributed by atoms with van der Waals surface area (Å²) >= 11 is 3.47. The van der Waals surface area contributed by atoms with E-state index < -0.39 is 0 Å². The van der Waals surface area contributed by atoms with Crippen molar-refractivity contribution in [2.24, 2.45) is 5.10 Å². The summed E-state index contributed by atoms with van der Waals surface area (Å²) in [5, 5.41) is 4.13. The molecule has 2 aromatic carbocycles. The van der Waals surface area contributed by atoms with Crippen LogP contribution in [0.1, 0.15) is 34.2 Å². The van der Waals surface area contributed by atoms with Crippen LogP contribution in [0.15, 0.2) is 58.1 Å². The molecule has 1 aromatic heterocycles. The highest BCUT2D eigenvalue weighted by Crippen LogP contribution is 2.36. The third kappa shape index (κ3) is 6.30. The summed E-state index contributed by atoms with van der Waals surface area (Å²) < 4.78 is 14.0. The number of nitrogens with one attached hydrogen (secondary N) is 1. The minimum atomic E-state index is -0.303. The zero-order chi connectivity index (χ0) is 25.5. The third-order valence-electron chi connectivity index (χ3n) is 5.24. The number of hydrogen-bond acceptors (Lipinski definition) is 5. The van der Waals surface area contributed by atoms with Gasteiger partial charge in [-0.05, 0) is 72.6 Å². The zero-order valence-corrected chi connectivity index (χ0v) is 22.0. The highest BCUT2D eigenvalue weighted by atomic mass is 79.9. The Morgan fingerprint density at radius 2 is 1.83 bits per heavy atom. The van der Waals surface area contributed by atoms with Crippen molar-refractivity contribution in [3.8, 4) is 17.2 Å². The average molecular weight is 541 g/mol. The van der Waals surface area contributed by atoms with Gasteiger partial charge < -0.3 is 18.9 Å². The maximum absolute atomic E-state index is 12.8. The molecule has 2 amide bonds. The number of benzene rings is 2. The fraction of sp³-hybridized carbons (Fsp3) is 0.269. The van der Waals surface area contributed by atoms with Crippen molar-refractivity contribution in [2.45, 2.75) is 20.8 Å². The molecular weight excluding hydrogens is 512 g/mol. The molecule has 9 heteroatoms. The summed E-state index contributed by atoms with van der Waals surface area (Å²) in [7, 11) is 3.33. The first-order valence-corrected chi connectivity index (χ1v) is 11.9. The fourth-order valence-corrected chi connectivity index (χ4v) is 4.10. The topological polar surface area (TPSA) is 85.2 Å². The first kappa shape index (κ1) is 26.0. The lowest BCUT2D eigenvalue weighted by Gasteiger charge is -2.16. The van der Waals surface area contributed by atoms with Crippen LogP contribution >= 0.6 is 15.9 Å². The quantitative estimate of drug-likeness (QED) is 0.320. The zero-order valence-electron chi connectivity index (χ0n) is 20.5. The number of aromatic nitrogens is 1. The summed E-state index contributed by atoms with van der Waals surface area (Å²) in [6.07, 6.45) is 1.52. The predicted octanol–water partition coefficient (Wildman–Crippen LogP) is 4.49. The first-order chi connectivity index (χ1) is 16.7. The van der Waals surface area contributed by atoms with E-state index >= 15 is 0 Å². The second kappa shape index (κ2) is 11.7. The summed E-state index contributed by atoms with van der Waals surface area (Å²) in [6.45, 7) is 6.03. The minimum absolute atomic E-state index is 0.115. The number of hydrazone groups is 1. The molecule has 0 fully saturated rings. The van der Waals surface area contributed by atoms with E-state index in [0.29, 0.717) is 33.7 Å². The van der Waals surface area contributed by atoms with E-state index in [1.165, 1.54) is 11.1 Å². The molecule has 0 unspecified atom stereocenters. The number of rotatable bonds is 9. The maximum Gasteiger partial charge on any atom is 0.273 e. The van der Waals surface area contributed by atoms with Crippen LogP contribution in [-0.2, 0) is 4.79 Å². The molecule has 0 aliphatic rings. The third-order valence-corrected chi connectivity index (χ3v) is 5.83. The number of halogens is 1. The molecule has 3 aromatic rings. The van der Waals surface area contributed by atoms with E-state index in [4.69, 9.17) is 9.47 Å². The molecule has 3 rings (SSSR count). The lowest BCUT2D eigenvalue weighted by Crippen LogP contribution is -2.27. The molecule has 0 atom stereocenters. The summed E-state index contributed by atoms with van der Waals surface area (Å²) in [5.74, 6) is 0.423. The van der Waals surface area contributed by atoms with Gasteiger partial charge in [0.05, 0.1) is 22.9 Å². The van der Waals surface area contributed by atoms with Gasteiger partial charge >= 0.3 is 0 Å². The monoisotopic (exact) mass is 540 g/mol. The molecule has 1 heterocycles. The molecule has 0 aliphatic carbocycles. The maximum atomic E-state index is 12.8. The Bertz CT molecular complexity index is 1240. The van der Waals surface area contributed by atoms with E-state index in [9.17, 15) is 9.59 Å². The fourth-order valence-electron chi connectivity index (χ4n) is 3.52. The number of hydrogen-bond donors (Lipinski definition) is 1. The molecule has 0 saturated carbocycles. The van der Waals surface area contributed by atoms with E-state index in [0.717, 1.165) is 17.1 Å². The molecule has 184 valence electrons. The van der Waals surface area contributed by atoms with Gasteiger partial charge in [-0.2, -0.15) is 5.10 Å². The van der Waals surface area contributed by atoms with Gasteiger partial charge in [-0.1, -0.05) is 18.2 Å². The molecule has 1 N–H and O–H groups in total. The Morgan fingerprint density at radius 1 is 1.11 bits per heavy atom. The van der Waals surface area contributed by atoms with Crippen molar-refractivity contribution in [2.75, 3.05) is 27.3 Å². The standard InChI is InChI=1S/C26H29BrN4O4/c1-6-34-23-14-19(13-22(27)25(23)35-16-24(32)30(4)5)15-28-29-26(33)21-12-17(2)31(18(21)3)20-10-8-7-9-11-20/h7-15H,6,16H2,1-5H3,(H,29,33)/b28-15+. The van der Waals surface area contributed by atoms with Crippen LogP contribution < -0.4 is 14.9 Å². The SMILES string of the molecule is CCOc1cc(/C=N/NC(=O)c2cc(C)n(-c3ccccc3)c2C)cc(Br)c1OCC(=O)N(C)C. The van der Waals surface area contributed by atoms with Crippen molar-refractivity contribution < 1.29 is 19.1 Å². The largest absolute Gasteiger partial charge is 0.490 e. The number of aryl methyl sites for hydroxylation is 1. The second-order valence-electron chi connectivity index (χ2n) is 7.99. The normalized spacial score (nSPS) is 10.9. The Kier molecular flexibility index (Phi) is 8.70. The van der Waals surface area contributed by atoms with Crippen molar-refractivity contribution in [3.05, 3.63) is 75.5 Å². The Balaban J connectivity index is 1.76. The van der Waals surface area contributed by atoms with Crippen LogP contribution in [0.25, 0.3) is 5.69 Å². The number of carbonyl (C=O) groups is 2. The van der Waals surface area contributed by atoms with Gasteiger partial charge in [-0.25, -0.2) is 5.43 Å². The number of ether oxygens (including phenoxy) is 2. The van der Waals surface area contributed by atoms with Gasteiger partial charge in [-0.15, -0.1) is 0 Å². The molecule has 0 aliphatic heterocycles.